The van der Waals surface area contributed by atoms with Crippen LogP contribution in [0.1, 0.15) is 38.5 Å². The highest BCUT2D eigenvalue weighted by molar-refractivity contribution is 5.84. The molecule has 1 amide bonds. The summed E-state index contributed by atoms with van der Waals surface area (Å²) >= 11 is 0. The van der Waals surface area contributed by atoms with E-state index in [9.17, 15) is 14.7 Å². The molecule has 0 aromatic carbocycles. The summed E-state index contributed by atoms with van der Waals surface area (Å²) in [7, 11) is 0. The summed E-state index contributed by atoms with van der Waals surface area (Å²) in [6.07, 6.45) is 9.17. The fourth-order valence-electron chi connectivity index (χ4n) is 3.85. The van der Waals surface area contributed by atoms with E-state index in [0.29, 0.717) is 12.3 Å². The van der Waals surface area contributed by atoms with E-state index in [4.69, 9.17) is 0 Å². The first kappa shape index (κ1) is 14.1. The molecule has 6 heteroatoms. The summed E-state index contributed by atoms with van der Waals surface area (Å²) in [5.41, 5.74) is 0. The van der Waals surface area contributed by atoms with E-state index in [1.165, 1.54) is 6.42 Å². The number of nitrogens with zero attached hydrogens (tertiary/aromatic N) is 3. The van der Waals surface area contributed by atoms with Gasteiger partial charge in [0.1, 0.15) is 12.6 Å². The Labute approximate surface area is 123 Å². The van der Waals surface area contributed by atoms with Crippen LogP contribution in [0.4, 0.5) is 0 Å². The van der Waals surface area contributed by atoms with E-state index < -0.39 is 12.0 Å². The number of fused-ring (bicyclic) bond motifs is 1. The first-order valence-electron chi connectivity index (χ1n) is 7.68. The minimum absolute atomic E-state index is 0.0941. The smallest absolute Gasteiger partial charge is 0.326 e. The predicted octanol–water partition coefficient (Wildman–Crippen LogP) is 1.52. The van der Waals surface area contributed by atoms with Gasteiger partial charge in [0, 0.05) is 18.4 Å². The number of likely N-dealkylation sites (tertiary alicyclic amines) is 1. The molecule has 0 bridgehead atoms. The van der Waals surface area contributed by atoms with Gasteiger partial charge in [-0.3, -0.25) is 9.48 Å². The van der Waals surface area contributed by atoms with E-state index in [0.717, 1.165) is 25.7 Å². The van der Waals surface area contributed by atoms with E-state index in [-0.39, 0.29) is 18.5 Å². The third kappa shape index (κ3) is 2.80. The van der Waals surface area contributed by atoms with E-state index >= 15 is 0 Å². The van der Waals surface area contributed by atoms with Crippen LogP contribution < -0.4 is 0 Å². The molecule has 1 saturated carbocycles. The lowest BCUT2D eigenvalue weighted by atomic mass is 9.76. The fraction of sp³-hybridized carbons (Fsp3) is 0.667. The number of amides is 1. The fourth-order valence-corrected chi connectivity index (χ4v) is 3.85. The van der Waals surface area contributed by atoms with Gasteiger partial charge in [0.25, 0.3) is 0 Å². The molecular weight excluding hydrogens is 270 g/mol. The second kappa shape index (κ2) is 5.87. The highest BCUT2D eigenvalue weighted by Gasteiger charge is 2.43. The monoisotopic (exact) mass is 291 g/mol. The zero-order valence-corrected chi connectivity index (χ0v) is 12.0. The van der Waals surface area contributed by atoms with Crippen LogP contribution in [0.3, 0.4) is 0 Å². The van der Waals surface area contributed by atoms with E-state index in [1.54, 1.807) is 28.0 Å². The zero-order chi connectivity index (χ0) is 14.8. The number of hydrogen-bond donors (Lipinski definition) is 1. The molecule has 6 nitrogen and oxygen atoms in total. The number of carbonyl (C=O) groups excluding carboxylic acids is 1. The van der Waals surface area contributed by atoms with Crippen LogP contribution in [0, 0.1) is 5.92 Å². The standard InChI is InChI=1S/C15H21N3O3/c19-14(10-17-9-3-8-16-17)18-12-5-2-1-4-11(12)6-7-13(18)15(20)21/h3,8-9,11-13H,1-2,4-7,10H2,(H,20,21). The van der Waals surface area contributed by atoms with Crippen molar-refractivity contribution in [2.24, 2.45) is 5.92 Å². The molecule has 1 aromatic heterocycles. The van der Waals surface area contributed by atoms with E-state index in [1.807, 2.05) is 0 Å². The van der Waals surface area contributed by atoms with Crippen LogP contribution in [0.15, 0.2) is 18.5 Å². The van der Waals surface area contributed by atoms with Crippen LogP contribution in [-0.4, -0.2) is 43.7 Å². The Morgan fingerprint density at radius 3 is 2.71 bits per heavy atom. The van der Waals surface area contributed by atoms with Crippen molar-refractivity contribution in [1.29, 1.82) is 0 Å². The van der Waals surface area contributed by atoms with Crippen molar-refractivity contribution in [3.8, 4) is 0 Å². The van der Waals surface area contributed by atoms with E-state index in [2.05, 4.69) is 5.10 Å². The molecule has 1 saturated heterocycles. The van der Waals surface area contributed by atoms with Gasteiger partial charge in [0.2, 0.25) is 5.91 Å². The lowest BCUT2D eigenvalue weighted by Crippen LogP contribution is -2.58. The van der Waals surface area contributed by atoms with Crippen molar-refractivity contribution < 1.29 is 14.7 Å². The molecule has 2 fully saturated rings. The van der Waals surface area contributed by atoms with Gasteiger partial charge in [0.05, 0.1) is 0 Å². The lowest BCUT2D eigenvalue weighted by Gasteiger charge is -2.47. The molecule has 0 spiro atoms. The second-order valence-electron chi connectivity index (χ2n) is 6.05. The number of carboxylic acids is 1. The van der Waals surface area contributed by atoms with Crippen molar-refractivity contribution in [1.82, 2.24) is 14.7 Å². The average molecular weight is 291 g/mol. The van der Waals surface area contributed by atoms with Gasteiger partial charge in [0.15, 0.2) is 0 Å². The highest BCUT2D eigenvalue weighted by Crippen LogP contribution is 2.38. The molecule has 1 N–H and O–H groups in total. The summed E-state index contributed by atoms with van der Waals surface area (Å²) in [6.45, 7) is 0.125. The van der Waals surface area contributed by atoms with Gasteiger partial charge >= 0.3 is 5.97 Å². The maximum absolute atomic E-state index is 12.6. The van der Waals surface area contributed by atoms with Crippen molar-refractivity contribution >= 4 is 11.9 Å². The van der Waals surface area contributed by atoms with Crippen LogP contribution in [0.5, 0.6) is 0 Å². The average Bonchev–Trinajstić information content (AvgIpc) is 2.98. The van der Waals surface area contributed by atoms with Gasteiger partial charge in [-0.1, -0.05) is 12.8 Å². The van der Waals surface area contributed by atoms with Crippen LogP contribution >= 0.6 is 0 Å². The van der Waals surface area contributed by atoms with Crippen LogP contribution in [0.25, 0.3) is 0 Å². The zero-order valence-electron chi connectivity index (χ0n) is 12.0. The Morgan fingerprint density at radius 1 is 1.19 bits per heavy atom. The number of piperidine rings is 1. The van der Waals surface area contributed by atoms with Gasteiger partial charge in [-0.05, 0) is 37.7 Å². The van der Waals surface area contributed by atoms with Crippen molar-refractivity contribution in [2.45, 2.75) is 57.2 Å². The minimum Gasteiger partial charge on any atom is -0.480 e. The molecule has 114 valence electrons. The van der Waals surface area contributed by atoms with Crippen LogP contribution in [-0.2, 0) is 16.1 Å². The quantitative estimate of drug-likeness (QED) is 0.916. The Hall–Kier alpha value is -1.85. The highest BCUT2D eigenvalue weighted by atomic mass is 16.4. The molecule has 1 aliphatic carbocycles. The number of rotatable bonds is 3. The molecule has 3 unspecified atom stereocenters. The molecule has 3 rings (SSSR count). The van der Waals surface area contributed by atoms with Crippen molar-refractivity contribution in [3.63, 3.8) is 0 Å². The van der Waals surface area contributed by atoms with Crippen molar-refractivity contribution in [3.05, 3.63) is 18.5 Å². The molecule has 0 radical (unpaired) electrons. The lowest BCUT2D eigenvalue weighted by molar-refractivity contribution is -0.158. The first-order chi connectivity index (χ1) is 10.2. The molecule has 21 heavy (non-hydrogen) atoms. The molecule has 2 heterocycles. The van der Waals surface area contributed by atoms with Gasteiger partial charge in [-0.15, -0.1) is 0 Å². The predicted molar refractivity (Wildman–Crippen MR) is 75.5 cm³/mol. The summed E-state index contributed by atoms with van der Waals surface area (Å²) in [5.74, 6) is -0.536. The van der Waals surface area contributed by atoms with Crippen molar-refractivity contribution in [2.75, 3.05) is 0 Å². The third-order valence-electron chi connectivity index (χ3n) is 4.80. The normalized spacial score (nSPS) is 29.0. The Bertz CT molecular complexity index is 514. The number of aliphatic carboxylic acids is 1. The van der Waals surface area contributed by atoms with Crippen LogP contribution in [0.2, 0.25) is 0 Å². The number of aromatic nitrogens is 2. The largest absolute Gasteiger partial charge is 0.480 e. The SMILES string of the molecule is O=C(O)C1CCC2CCCCC2N1C(=O)Cn1cccn1. The maximum atomic E-state index is 12.6. The maximum Gasteiger partial charge on any atom is 0.326 e. The topological polar surface area (TPSA) is 75.4 Å². The Kier molecular flexibility index (Phi) is 3.94. The minimum atomic E-state index is -0.882. The van der Waals surface area contributed by atoms with Gasteiger partial charge < -0.3 is 10.0 Å². The van der Waals surface area contributed by atoms with Gasteiger partial charge in [-0.2, -0.15) is 5.10 Å². The molecule has 1 aromatic rings. The summed E-state index contributed by atoms with van der Waals surface area (Å²) in [6, 6.07) is 1.19. The Morgan fingerprint density at radius 2 is 2.00 bits per heavy atom. The molecule has 1 aliphatic heterocycles. The molecule has 3 atom stereocenters. The first-order valence-corrected chi connectivity index (χ1v) is 7.68. The number of carboxylic acid groups (broad SMARTS) is 1. The summed E-state index contributed by atoms with van der Waals surface area (Å²) in [5, 5.41) is 13.5. The molecule has 2 aliphatic rings. The summed E-state index contributed by atoms with van der Waals surface area (Å²) in [4.78, 5) is 25.8. The Balaban J connectivity index is 1.81. The van der Waals surface area contributed by atoms with Gasteiger partial charge in [-0.25, -0.2) is 4.79 Å². The second-order valence-corrected chi connectivity index (χ2v) is 6.05. The number of carbonyl (C=O) groups is 2. The third-order valence-corrected chi connectivity index (χ3v) is 4.80. The number of hydrogen-bond acceptors (Lipinski definition) is 3. The summed E-state index contributed by atoms with van der Waals surface area (Å²) < 4.78 is 1.56. The molecular formula is C15H21N3O3.